The zero-order valence-corrected chi connectivity index (χ0v) is 19.0. The van der Waals surface area contributed by atoms with Gasteiger partial charge >= 0.3 is 0 Å². The Hall–Kier alpha value is -1.74. The van der Waals surface area contributed by atoms with Gasteiger partial charge in [0.05, 0.1) is 21.5 Å². The first-order valence-electron chi connectivity index (χ1n) is 9.61. The van der Waals surface area contributed by atoms with Crippen molar-refractivity contribution in [2.24, 2.45) is 10.9 Å². The summed E-state index contributed by atoms with van der Waals surface area (Å²) in [7, 11) is -0.387. The minimum Gasteiger partial charge on any atom is -0.398 e. The zero-order valence-electron chi connectivity index (χ0n) is 17.4. The van der Waals surface area contributed by atoms with E-state index in [0.717, 1.165) is 39.7 Å². The number of aromatic nitrogens is 1. The molecule has 2 aliphatic carbocycles. The lowest BCUT2D eigenvalue weighted by molar-refractivity contribution is -0.106. The van der Waals surface area contributed by atoms with Crippen molar-refractivity contribution in [2.75, 3.05) is 5.73 Å². The van der Waals surface area contributed by atoms with Crippen molar-refractivity contribution in [3.05, 3.63) is 39.5 Å². The predicted octanol–water partition coefficient (Wildman–Crippen LogP) is 3.21. The summed E-state index contributed by atoms with van der Waals surface area (Å²) in [6, 6.07) is 2.27. The number of nitrogens with zero attached hydrogens (tertiary/aromatic N) is 1. The van der Waals surface area contributed by atoms with E-state index in [1.54, 1.807) is 11.3 Å². The number of aliphatic hydroxyl groups is 1. The van der Waals surface area contributed by atoms with Crippen LogP contribution in [-0.4, -0.2) is 22.4 Å². The van der Waals surface area contributed by atoms with Gasteiger partial charge in [0.25, 0.3) is 0 Å². The molecule has 160 valence electrons. The molecule has 1 amide bonds. The Morgan fingerprint density at radius 3 is 2.48 bits per heavy atom. The first kappa shape index (κ1) is 23.5. The number of nitrogens with two attached hydrogens (primary N) is 3. The summed E-state index contributed by atoms with van der Waals surface area (Å²) in [5.41, 5.74) is 16.4. The van der Waals surface area contributed by atoms with Crippen LogP contribution in [0.3, 0.4) is 0 Å². The van der Waals surface area contributed by atoms with Crippen molar-refractivity contribution in [3.8, 4) is 0 Å². The van der Waals surface area contributed by atoms with Gasteiger partial charge < -0.3 is 16.6 Å². The van der Waals surface area contributed by atoms with E-state index in [4.69, 9.17) is 15.7 Å². The fraction of sp³-hybridized carbons (Fsp3) is 0.476. The second kappa shape index (κ2) is 9.84. The Morgan fingerprint density at radius 1 is 1.31 bits per heavy atom. The summed E-state index contributed by atoms with van der Waals surface area (Å²) in [5.74, 6) is 3.78. The average Bonchev–Trinajstić information content (AvgIpc) is 3.35. The number of carbonyl (C=O) groups excluding carboxylic acids is 1. The van der Waals surface area contributed by atoms with Crippen LogP contribution in [0, 0.1) is 0 Å². The summed E-state index contributed by atoms with van der Waals surface area (Å²) in [6.07, 6.45) is 7.11. The largest absolute Gasteiger partial charge is 0.398 e. The molecule has 7 N–H and O–H groups in total. The van der Waals surface area contributed by atoms with E-state index in [9.17, 15) is 5.11 Å². The smallest absolute Gasteiger partial charge is 0.204 e. The summed E-state index contributed by atoms with van der Waals surface area (Å²) < 4.78 is 1.08. The van der Waals surface area contributed by atoms with Crippen LogP contribution in [0.4, 0.5) is 5.69 Å². The van der Waals surface area contributed by atoms with E-state index in [1.165, 1.54) is 29.5 Å². The van der Waals surface area contributed by atoms with Crippen LogP contribution in [0.5, 0.6) is 0 Å². The SMILES string of the molecule is C=S(N)c1cnc(C(C)(C)C)s1.NC=O.Nc1c2c(cc3c1C(O)CC3)CCC2. The Morgan fingerprint density at radius 2 is 1.97 bits per heavy atom. The molecular weight excluding hydrogens is 404 g/mol. The van der Waals surface area contributed by atoms with E-state index in [1.807, 2.05) is 6.20 Å². The Labute approximate surface area is 179 Å². The first-order chi connectivity index (χ1) is 13.6. The Bertz CT molecular complexity index is 888. The predicted molar refractivity (Wildman–Crippen MR) is 124 cm³/mol. The topological polar surface area (TPSA) is 128 Å². The maximum Gasteiger partial charge on any atom is 0.204 e. The average molecular weight is 437 g/mol. The van der Waals surface area contributed by atoms with Gasteiger partial charge in [0.15, 0.2) is 0 Å². The Kier molecular flexibility index (Phi) is 7.99. The minimum absolute atomic E-state index is 0.127. The fourth-order valence-corrected chi connectivity index (χ4v) is 5.18. The summed E-state index contributed by atoms with van der Waals surface area (Å²) >= 11 is 1.66. The molecular formula is C21H32N4O2S2. The number of rotatable bonds is 1. The van der Waals surface area contributed by atoms with Gasteiger partial charge in [0.2, 0.25) is 6.41 Å². The lowest BCUT2D eigenvalue weighted by atomic mass is 9.98. The molecule has 0 saturated carbocycles. The van der Waals surface area contributed by atoms with Crippen LogP contribution in [-0.2, 0) is 29.5 Å². The lowest BCUT2D eigenvalue weighted by Crippen LogP contribution is -2.09. The van der Waals surface area contributed by atoms with Gasteiger partial charge in [-0.1, -0.05) is 43.4 Å². The van der Waals surface area contributed by atoms with Crippen molar-refractivity contribution in [1.82, 2.24) is 4.98 Å². The third-order valence-corrected chi connectivity index (χ3v) is 7.71. The van der Waals surface area contributed by atoms with E-state index in [2.05, 4.69) is 43.4 Å². The molecule has 8 heteroatoms. The number of amides is 1. The molecule has 2 aromatic rings. The van der Waals surface area contributed by atoms with Crippen LogP contribution in [0.15, 0.2) is 16.5 Å². The van der Waals surface area contributed by atoms with Crippen molar-refractivity contribution < 1.29 is 9.90 Å². The highest BCUT2D eigenvalue weighted by atomic mass is 32.2. The molecule has 0 radical (unpaired) electrons. The van der Waals surface area contributed by atoms with Gasteiger partial charge in [0.1, 0.15) is 0 Å². The number of hydrogen-bond acceptors (Lipinski definition) is 6. The van der Waals surface area contributed by atoms with Gasteiger partial charge in [-0.15, -0.1) is 11.3 Å². The lowest BCUT2D eigenvalue weighted by Gasteiger charge is -2.13. The number of aliphatic hydroxyl groups excluding tert-OH is 1. The molecule has 2 aliphatic rings. The number of thiazole rings is 1. The second-order valence-electron chi connectivity index (χ2n) is 8.21. The molecule has 2 unspecified atom stereocenters. The van der Waals surface area contributed by atoms with Gasteiger partial charge in [-0.25, -0.2) is 4.98 Å². The standard InChI is InChI=1S/C12H15NO.C8H14N2S2.CH3NO/c13-12-9-3-1-2-7(9)6-8-4-5-10(14)11(8)12;1-8(2,3)7-10-5-6(11-7)12(4)9;2-1-3/h6,10,14H,1-5,13H2;5H,4,9H2,1-3H3;1H,(H2,2,3). The van der Waals surface area contributed by atoms with Crippen molar-refractivity contribution in [2.45, 2.75) is 68.6 Å². The van der Waals surface area contributed by atoms with Gasteiger partial charge in [0, 0.05) is 16.7 Å². The third kappa shape index (κ3) is 5.66. The molecule has 1 aromatic heterocycles. The molecule has 2 atom stereocenters. The molecule has 0 fully saturated rings. The molecule has 6 nitrogen and oxygen atoms in total. The number of aryl methyl sites for hydroxylation is 2. The van der Waals surface area contributed by atoms with Crippen LogP contribution < -0.4 is 16.6 Å². The minimum atomic E-state index is -0.387. The Balaban J connectivity index is 0.000000185. The number of fused-ring (bicyclic) bond motifs is 2. The number of hydrogen-bond donors (Lipinski definition) is 4. The van der Waals surface area contributed by atoms with Crippen molar-refractivity contribution in [1.29, 1.82) is 0 Å². The van der Waals surface area contributed by atoms with Crippen molar-refractivity contribution >= 4 is 40.0 Å². The maximum absolute atomic E-state index is 9.81. The van der Waals surface area contributed by atoms with E-state index >= 15 is 0 Å². The quantitative estimate of drug-likeness (QED) is 0.310. The molecule has 1 aromatic carbocycles. The maximum atomic E-state index is 9.81. The van der Waals surface area contributed by atoms with Gasteiger partial charge in [-0.2, -0.15) is 0 Å². The monoisotopic (exact) mass is 436 g/mol. The highest BCUT2D eigenvalue weighted by Crippen LogP contribution is 2.41. The number of anilines is 1. The molecule has 4 rings (SSSR count). The van der Waals surface area contributed by atoms with E-state index in [0.29, 0.717) is 0 Å². The number of nitrogen functional groups attached to an aromatic ring is 1. The van der Waals surface area contributed by atoms with Gasteiger partial charge in [-0.05, 0) is 48.8 Å². The van der Waals surface area contributed by atoms with Crippen LogP contribution in [0.2, 0.25) is 0 Å². The van der Waals surface area contributed by atoms with Gasteiger partial charge in [-0.3, -0.25) is 9.93 Å². The van der Waals surface area contributed by atoms with Crippen LogP contribution >= 0.6 is 22.0 Å². The molecule has 0 bridgehead atoms. The van der Waals surface area contributed by atoms with Crippen LogP contribution in [0.1, 0.15) is 67.0 Å². The molecule has 1 heterocycles. The highest BCUT2D eigenvalue weighted by Gasteiger charge is 2.27. The number of carbonyl (C=O) groups is 1. The second-order valence-corrected chi connectivity index (χ2v) is 10.8. The third-order valence-electron chi connectivity index (χ3n) is 4.98. The summed E-state index contributed by atoms with van der Waals surface area (Å²) in [5, 5.41) is 16.6. The fourth-order valence-electron chi connectivity index (χ4n) is 3.62. The first-order valence-corrected chi connectivity index (χ1v) is 11.9. The van der Waals surface area contributed by atoms with Crippen molar-refractivity contribution in [3.63, 3.8) is 0 Å². The molecule has 0 spiro atoms. The summed E-state index contributed by atoms with van der Waals surface area (Å²) in [6.45, 7) is 6.44. The normalized spacial score (nSPS) is 17.9. The van der Waals surface area contributed by atoms with E-state index in [-0.39, 0.29) is 28.6 Å². The molecule has 29 heavy (non-hydrogen) atoms. The number of benzene rings is 1. The summed E-state index contributed by atoms with van der Waals surface area (Å²) in [4.78, 5) is 12.9. The molecule has 0 saturated heterocycles. The zero-order chi connectivity index (χ0) is 21.8. The van der Waals surface area contributed by atoms with E-state index < -0.39 is 0 Å². The molecule has 0 aliphatic heterocycles. The highest BCUT2D eigenvalue weighted by molar-refractivity contribution is 8.13. The number of primary amides is 1. The van der Waals surface area contributed by atoms with Crippen LogP contribution in [0.25, 0.3) is 0 Å².